The Labute approximate surface area is 134 Å². The van der Waals surface area contributed by atoms with Crippen molar-refractivity contribution in [1.82, 2.24) is 0 Å². The van der Waals surface area contributed by atoms with Gasteiger partial charge in [-0.2, -0.15) is 0 Å². The third-order valence-electron chi connectivity index (χ3n) is 2.94. The van der Waals surface area contributed by atoms with Crippen LogP contribution in [-0.4, -0.2) is 36.4 Å². The van der Waals surface area contributed by atoms with E-state index in [9.17, 15) is 35.4 Å². The first-order valence-corrected chi connectivity index (χ1v) is 6.50. The molecule has 1 aromatic rings. The van der Waals surface area contributed by atoms with Crippen molar-refractivity contribution in [3.63, 3.8) is 0 Å². The molecule has 0 atom stereocenters. The van der Waals surface area contributed by atoms with Crippen molar-refractivity contribution in [2.75, 3.05) is 0 Å². The molecule has 1 aromatic carbocycles. The summed E-state index contributed by atoms with van der Waals surface area (Å²) in [4.78, 5) is 11.1. The van der Waals surface area contributed by atoms with Gasteiger partial charge in [-0.15, -0.1) is 0 Å². The predicted molar refractivity (Wildman–Crippen MR) is 81.4 cm³/mol. The smallest absolute Gasteiger partial charge is 0.200 e. The van der Waals surface area contributed by atoms with Crippen LogP contribution in [0.4, 0.5) is 0 Å². The molecule has 0 aromatic heterocycles. The number of hydrogen-bond donors (Lipinski definition) is 6. The fourth-order valence-electron chi connectivity index (χ4n) is 1.82. The maximum absolute atomic E-state index is 11.1. The molecule has 0 spiro atoms. The molecular weight excluding hydrogens is 328 g/mol. The molecule has 0 saturated carbocycles. The van der Waals surface area contributed by atoms with E-state index in [2.05, 4.69) is 0 Å². The number of allylic oxidation sites excluding steroid dienone is 3. The molecule has 1 aliphatic rings. The molecule has 0 bridgehead atoms. The number of phenolic OH excluding ortho intramolecular Hbond substituents is 3. The van der Waals surface area contributed by atoms with E-state index >= 15 is 0 Å². The highest BCUT2D eigenvalue weighted by atomic mass is 35.5. The van der Waals surface area contributed by atoms with Gasteiger partial charge in [-0.25, -0.2) is 0 Å². The molecule has 0 saturated heterocycles. The Morgan fingerprint density at radius 2 is 1.43 bits per heavy atom. The number of aromatic hydroxyl groups is 3. The zero-order chi connectivity index (χ0) is 17.3. The lowest BCUT2D eigenvalue weighted by molar-refractivity contribution is -0.110. The summed E-state index contributed by atoms with van der Waals surface area (Å²) in [7, 11) is 0. The molecule has 1 aliphatic carbocycles. The Morgan fingerprint density at radius 3 is 1.91 bits per heavy atom. The lowest BCUT2D eigenvalue weighted by Crippen LogP contribution is -2.05. The summed E-state index contributed by atoms with van der Waals surface area (Å²) in [6.45, 7) is 0. The van der Waals surface area contributed by atoms with Crippen molar-refractivity contribution in [3.05, 3.63) is 58.8 Å². The van der Waals surface area contributed by atoms with Gasteiger partial charge in [0.15, 0.2) is 23.0 Å². The quantitative estimate of drug-likeness (QED) is 0.360. The van der Waals surface area contributed by atoms with Crippen molar-refractivity contribution < 1.29 is 35.4 Å². The van der Waals surface area contributed by atoms with Gasteiger partial charge < -0.3 is 30.6 Å². The summed E-state index contributed by atoms with van der Waals surface area (Å²) >= 11 is 5.91. The molecule has 23 heavy (non-hydrogen) atoms. The number of phenols is 3. The van der Waals surface area contributed by atoms with Crippen LogP contribution >= 0.6 is 11.6 Å². The van der Waals surface area contributed by atoms with Crippen LogP contribution in [0.3, 0.4) is 0 Å². The molecule has 7 nitrogen and oxygen atoms in total. The summed E-state index contributed by atoms with van der Waals surface area (Å²) in [5.41, 5.74) is -0.278. The first-order chi connectivity index (χ1) is 10.7. The molecule has 0 aliphatic heterocycles. The Balaban J connectivity index is 2.50. The number of carbonyl (C=O) groups excluding carboxylic acids is 1. The Bertz CT molecular complexity index is 768. The lowest BCUT2D eigenvalue weighted by Gasteiger charge is -2.10. The standard InChI is InChI=1S/C15H11ClO7/c16-14(6-1-12(21)15(23)13(22)2-6)11(20)5-8-9(18)3-7(17)4-10(8)19/h1-5,18-23H/b14-11+. The maximum atomic E-state index is 11.1. The van der Waals surface area contributed by atoms with Crippen molar-refractivity contribution in [2.45, 2.75) is 0 Å². The highest BCUT2D eigenvalue weighted by Gasteiger charge is 2.19. The van der Waals surface area contributed by atoms with Crippen molar-refractivity contribution in [3.8, 4) is 17.2 Å². The maximum Gasteiger partial charge on any atom is 0.200 e. The molecule has 8 heteroatoms. The zero-order valence-electron chi connectivity index (χ0n) is 11.4. The molecule has 0 radical (unpaired) electrons. The number of rotatable bonds is 2. The summed E-state index contributed by atoms with van der Waals surface area (Å²) < 4.78 is 0. The third-order valence-corrected chi connectivity index (χ3v) is 3.35. The van der Waals surface area contributed by atoms with Crippen LogP contribution in [0, 0.1) is 0 Å². The largest absolute Gasteiger partial charge is 0.507 e. The average molecular weight is 339 g/mol. The fourth-order valence-corrected chi connectivity index (χ4v) is 1.99. The second kappa shape index (κ2) is 5.98. The van der Waals surface area contributed by atoms with E-state index in [1.54, 1.807) is 0 Å². The van der Waals surface area contributed by atoms with Crippen LogP contribution in [0.2, 0.25) is 0 Å². The van der Waals surface area contributed by atoms with E-state index in [0.29, 0.717) is 0 Å². The Kier molecular flexibility index (Phi) is 4.24. The second-order valence-corrected chi connectivity index (χ2v) is 4.96. The zero-order valence-corrected chi connectivity index (χ0v) is 12.1. The molecule has 0 amide bonds. The SMILES string of the molecule is O=C1C=C(O)C(=C/C(O)=C(\Cl)c2cc(O)c(O)c(O)c2)C(O)=C1. The first kappa shape index (κ1) is 16.3. The average Bonchev–Trinajstić information content (AvgIpc) is 2.46. The van der Waals surface area contributed by atoms with Gasteiger partial charge in [0.05, 0.1) is 10.6 Å². The highest BCUT2D eigenvalue weighted by molar-refractivity contribution is 6.49. The van der Waals surface area contributed by atoms with Crippen LogP contribution in [0.5, 0.6) is 17.2 Å². The molecule has 2 rings (SSSR count). The van der Waals surface area contributed by atoms with Crippen LogP contribution in [0.15, 0.2) is 53.2 Å². The minimum absolute atomic E-state index is 0.0346. The normalized spacial score (nSPS) is 15.7. The second-order valence-electron chi connectivity index (χ2n) is 4.58. The van der Waals surface area contributed by atoms with Gasteiger partial charge >= 0.3 is 0 Å². The summed E-state index contributed by atoms with van der Waals surface area (Å²) in [6, 6.07) is 1.98. The number of ketones is 1. The topological polar surface area (TPSA) is 138 Å². The molecule has 0 fully saturated rings. The third kappa shape index (κ3) is 3.24. The number of aliphatic hydroxyl groups is 3. The van der Waals surface area contributed by atoms with Crippen molar-refractivity contribution in [2.24, 2.45) is 0 Å². The number of benzene rings is 1. The van der Waals surface area contributed by atoms with Crippen molar-refractivity contribution >= 4 is 22.4 Å². The summed E-state index contributed by atoms with van der Waals surface area (Å²) in [5.74, 6) is -4.45. The summed E-state index contributed by atoms with van der Waals surface area (Å²) in [5, 5.41) is 57.0. The monoisotopic (exact) mass is 338 g/mol. The van der Waals surface area contributed by atoms with Crippen LogP contribution in [-0.2, 0) is 4.79 Å². The molecule has 0 heterocycles. The predicted octanol–water partition coefficient (Wildman–Crippen LogP) is 2.66. The molecule has 0 unspecified atom stereocenters. The van der Waals surface area contributed by atoms with Gasteiger partial charge in [0.25, 0.3) is 0 Å². The van der Waals surface area contributed by atoms with Gasteiger partial charge in [-0.1, -0.05) is 11.6 Å². The first-order valence-electron chi connectivity index (χ1n) is 6.12. The van der Waals surface area contributed by atoms with Crippen LogP contribution in [0.1, 0.15) is 5.56 Å². The minimum Gasteiger partial charge on any atom is -0.507 e. The number of hydrogen-bond acceptors (Lipinski definition) is 7. The molecule has 120 valence electrons. The van der Waals surface area contributed by atoms with Crippen molar-refractivity contribution in [1.29, 1.82) is 0 Å². The number of carbonyl (C=O) groups is 1. The number of aliphatic hydroxyl groups excluding tert-OH is 3. The van der Waals surface area contributed by atoms with Gasteiger partial charge in [-0.3, -0.25) is 4.79 Å². The minimum atomic E-state index is -0.747. The van der Waals surface area contributed by atoms with E-state index < -0.39 is 40.3 Å². The van der Waals surface area contributed by atoms with Gasteiger partial charge in [0, 0.05) is 17.7 Å². The fraction of sp³-hybridized carbons (Fsp3) is 0. The summed E-state index contributed by atoms with van der Waals surface area (Å²) in [6.07, 6.45) is 2.57. The van der Waals surface area contributed by atoms with E-state index in [0.717, 1.165) is 30.4 Å². The highest BCUT2D eigenvalue weighted by Crippen LogP contribution is 2.39. The Morgan fingerprint density at radius 1 is 0.957 bits per heavy atom. The molecule has 6 N–H and O–H groups in total. The van der Waals surface area contributed by atoms with Crippen LogP contribution in [0.25, 0.3) is 5.03 Å². The van der Waals surface area contributed by atoms with Gasteiger partial charge in [0.1, 0.15) is 17.3 Å². The number of halogens is 1. The van der Waals surface area contributed by atoms with Gasteiger partial charge in [0.2, 0.25) is 0 Å². The van der Waals surface area contributed by atoms with Crippen LogP contribution < -0.4 is 0 Å². The lowest BCUT2D eigenvalue weighted by atomic mass is 10.0. The van der Waals surface area contributed by atoms with E-state index in [1.165, 1.54) is 0 Å². The Hall–Kier alpha value is -3.06. The van der Waals surface area contributed by atoms with Gasteiger partial charge in [-0.05, 0) is 18.2 Å². The van der Waals surface area contributed by atoms with E-state index in [4.69, 9.17) is 11.6 Å². The van der Waals surface area contributed by atoms with E-state index in [-0.39, 0.29) is 16.2 Å². The van der Waals surface area contributed by atoms with E-state index in [1.807, 2.05) is 0 Å². The molecular formula is C15H11ClO7.